The van der Waals surface area contributed by atoms with Gasteiger partial charge in [0.2, 0.25) is 5.91 Å². The maximum atomic E-state index is 12.4. The second kappa shape index (κ2) is 5.77. The van der Waals surface area contributed by atoms with Gasteiger partial charge in [0.25, 0.3) is 0 Å². The highest BCUT2D eigenvalue weighted by molar-refractivity contribution is 5.87. The van der Waals surface area contributed by atoms with E-state index in [9.17, 15) is 22.8 Å². The number of hydrogen-bond acceptors (Lipinski definition) is 4. The summed E-state index contributed by atoms with van der Waals surface area (Å²) in [5, 5.41) is 0. The summed E-state index contributed by atoms with van der Waals surface area (Å²) in [6, 6.07) is 0. The molecule has 0 aliphatic heterocycles. The van der Waals surface area contributed by atoms with Crippen molar-refractivity contribution in [1.82, 2.24) is 4.90 Å². The summed E-state index contributed by atoms with van der Waals surface area (Å²) in [6.45, 7) is -1.74. The predicted molar refractivity (Wildman–Crippen MR) is 60.0 cm³/mol. The third-order valence-electron chi connectivity index (χ3n) is 3.14. The van der Waals surface area contributed by atoms with Crippen LogP contribution in [-0.4, -0.2) is 48.7 Å². The minimum absolute atomic E-state index is 0.283. The summed E-state index contributed by atoms with van der Waals surface area (Å²) < 4.78 is 41.6. The summed E-state index contributed by atoms with van der Waals surface area (Å²) in [6.07, 6.45) is -3.34. The van der Waals surface area contributed by atoms with E-state index in [4.69, 9.17) is 5.73 Å². The summed E-state index contributed by atoms with van der Waals surface area (Å²) in [7, 11) is 1.13. The van der Waals surface area contributed by atoms with Gasteiger partial charge in [0.05, 0.1) is 19.1 Å². The van der Waals surface area contributed by atoms with Crippen LogP contribution in [0.25, 0.3) is 0 Å². The highest BCUT2D eigenvalue weighted by atomic mass is 19.4. The van der Waals surface area contributed by atoms with Crippen LogP contribution in [0.3, 0.4) is 0 Å². The first-order valence-electron chi connectivity index (χ1n) is 5.90. The molecule has 0 aromatic rings. The summed E-state index contributed by atoms with van der Waals surface area (Å²) in [5.74, 6) is -1.42. The molecule has 19 heavy (non-hydrogen) atoms. The van der Waals surface area contributed by atoms with Gasteiger partial charge in [-0.3, -0.25) is 9.59 Å². The van der Waals surface area contributed by atoms with Crippen LogP contribution in [0.1, 0.15) is 25.7 Å². The number of ether oxygens (including phenoxy) is 1. The van der Waals surface area contributed by atoms with Crippen LogP contribution in [0.4, 0.5) is 13.2 Å². The van der Waals surface area contributed by atoms with Crippen molar-refractivity contribution in [1.29, 1.82) is 0 Å². The molecule has 110 valence electrons. The molecule has 0 bridgehead atoms. The van der Waals surface area contributed by atoms with Gasteiger partial charge in [-0.25, -0.2) is 0 Å². The molecule has 8 heteroatoms. The zero-order chi connectivity index (χ0) is 14.7. The minimum Gasteiger partial charge on any atom is -0.469 e. The van der Waals surface area contributed by atoms with E-state index in [0.717, 1.165) is 13.5 Å². The molecule has 1 amide bonds. The van der Waals surface area contributed by atoms with Crippen LogP contribution >= 0.6 is 0 Å². The molecular weight excluding hydrogens is 265 g/mol. The van der Waals surface area contributed by atoms with Gasteiger partial charge in [0.1, 0.15) is 6.54 Å². The van der Waals surface area contributed by atoms with Crippen LogP contribution in [0.15, 0.2) is 0 Å². The average Bonchev–Trinajstić information content (AvgIpc) is 2.28. The van der Waals surface area contributed by atoms with Crippen molar-refractivity contribution >= 4 is 11.9 Å². The number of halogens is 3. The first kappa shape index (κ1) is 15.7. The zero-order valence-corrected chi connectivity index (χ0v) is 10.6. The van der Waals surface area contributed by atoms with Crippen molar-refractivity contribution in [3.8, 4) is 0 Å². The second-order valence-electron chi connectivity index (χ2n) is 4.68. The Morgan fingerprint density at radius 2 is 1.95 bits per heavy atom. The molecule has 1 fully saturated rings. The van der Waals surface area contributed by atoms with Gasteiger partial charge in [-0.15, -0.1) is 0 Å². The number of alkyl halides is 3. The minimum atomic E-state index is -4.52. The Bertz CT molecular complexity index is 354. The predicted octanol–water partition coefficient (Wildman–Crippen LogP) is 0.822. The van der Waals surface area contributed by atoms with Crippen LogP contribution in [0.5, 0.6) is 0 Å². The topological polar surface area (TPSA) is 72.6 Å². The summed E-state index contributed by atoms with van der Waals surface area (Å²) in [4.78, 5) is 23.5. The van der Waals surface area contributed by atoms with Crippen molar-refractivity contribution in [2.45, 2.75) is 37.4 Å². The van der Waals surface area contributed by atoms with Crippen molar-refractivity contribution in [3.05, 3.63) is 0 Å². The first-order chi connectivity index (χ1) is 8.68. The van der Waals surface area contributed by atoms with E-state index in [2.05, 4.69) is 4.74 Å². The van der Waals surface area contributed by atoms with Crippen LogP contribution < -0.4 is 5.73 Å². The molecule has 5 nitrogen and oxygen atoms in total. The van der Waals surface area contributed by atoms with Gasteiger partial charge in [-0.1, -0.05) is 0 Å². The quantitative estimate of drug-likeness (QED) is 0.758. The van der Waals surface area contributed by atoms with E-state index in [1.165, 1.54) is 0 Å². The van der Waals surface area contributed by atoms with Gasteiger partial charge in [-0.05, 0) is 19.3 Å². The Balaban J connectivity index is 2.68. The van der Waals surface area contributed by atoms with Crippen molar-refractivity contribution in [2.75, 3.05) is 20.2 Å². The summed E-state index contributed by atoms with van der Waals surface area (Å²) >= 11 is 0. The fourth-order valence-corrected chi connectivity index (χ4v) is 1.88. The number of carbonyl (C=O) groups excluding carboxylic acids is 2. The molecule has 0 aromatic carbocycles. The lowest BCUT2D eigenvalue weighted by Crippen LogP contribution is -2.60. The molecule has 0 heterocycles. The monoisotopic (exact) mass is 282 g/mol. The Morgan fingerprint density at radius 1 is 1.37 bits per heavy atom. The Morgan fingerprint density at radius 3 is 2.32 bits per heavy atom. The highest BCUT2D eigenvalue weighted by Crippen LogP contribution is 2.32. The smallest absolute Gasteiger partial charge is 0.406 e. The molecule has 1 rings (SSSR count). The number of nitrogens with zero attached hydrogens (tertiary/aromatic N) is 1. The molecule has 1 saturated carbocycles. The number of nitrogens with two attached hydrogens (primary N) is 1. The third-order valence-corrected chi connectivity index (χ3v) is 3.14. The van der Waals surface area contributed by atoms with E-state index in [1.807, 2.05) is 0 Å². The van der Waals surface area contributed by atoms with Crippen molar-refractivity contribution < 1.29 is 27.5 Å². The lowest BCUT2D eigenvalue weighted by molar-refractivity contribution is -0.167. The number of carbonyl (C=O) groups is 2. The lowest BCUT2D eigenvalue weighted by atomic mass is 9.76. The summed E-state index contributed by atoms with van der Waals surface area (Å²) in [5.41, 5.74) is 4.52. The van der Waals surface area contributed by atoms with Gasteiger partial charge in [0, 0.05) is 6.54 Å². The maximum Gasteiger partial charge on any atom is 0.406 e. The zero-order valence-electron chi connectivity index (χ0n) is 10.6. The van der Waals surface area contributed by atoms with E-state index in [0.29, 0.717) is 17.7 Å². The molecule has 1 aliphatic rings. The van der Waals surface area contributed by atoms with Gasteiger partial charge in [-0.2, -0.15) is 13.2 Å². The van der Waals surface area contributed by atoms with Gasteiger partial charge in [0.15, 0.2) is 0 Å². The van der Waals surface area contributed by atoms with Crippen LogP contribution in [0, 0.1) is 0 Å². The van der Waals surface area contributed by atoms with E-state index in [1.54, 1.807) is 0 Å². The highest BCUT2D eigenvalue weighted by Gasteiger charge is 2.45. The molecular formula is C11H17F3N2O3. The molecule has 0 saturated heterocycles. The molecule has 0 spiro atoms. The first-order valence-corrected chi connectivity index (χ1v) is 5.90. The third kappa shape index (κ3) is 4.38. The average molecular weight is 282 g/mol. The normalized spacial score (nSPS) is 17.5. The van der Waals surface area contributed by atoms with E-state index >= 15 is 0 Å². The number of esters is 1. The Hall–Kier alpha value is -1.31. The molecule has 0 radical (unpaired) electrons. The largest absolute Gasteiger partial charge is 0.469 e. The van der Waals surface area contributed by atoms with Crippen LogP contribution in [0.2, 0.25) is 0 Å². The van der Waals surface area contributed by atoms with E-state index in [-0.39, 0.29) is 13.0 Å². The van der Waals surface area contributed by atoms with Crippen molar-refractivity contribution in [2.24, 2.45) is 5.73 Å². The van der Waals surface area contributed by atoms with Gasteiger partial charge < -0.3 is 15.4 Å². The van der Waals surface area contributed by atoms with Gasteiger partial charge >= 0.3 is 12.1 Å². The number of methoxy groups -OCH3 is 1. The maximum absolute atomic E-state index is 12.4. The molecule has 1 aliphatic carbocycles. The van der Waals surface area contributed by atoms with Crippen LogP contribution in [-0.2, 0) is 14.3 Å². The molecule has 0 atom stereocenters. The standard InChI is InChI=1S/C11H17F3N2O3/c1-19-8(17)3-6-16(7-11(12,13)14)9(18)10(15)4-2-5-10/h2-7,15H2,1H3. The fourth-order valence-electron chi connectivity index (χ4n) is 1.88. The Labute approximate surface area is 108 Å². The molecule has 2 N–H and O–H groups in total. The van der Waals surface area contributed by atoms with Crippen molar-refractivity contribution in [3.63, 3.8) is 0 Å². The molecule has 0 aromatic heterocycles. The molecule has 0 unspecified atom stereocenters. The van der Waals surface area contributed by atoms with E-state index < -0.39 is 30.1 Å². The SMILES string of the molecule is COC(=O)CCN(CC(F)(F)F)C(=O)C1(N)CCC1. The second-order valence-corrected chi connectivity index (χ2v) is 4.68. The lowest BCUT2D eigenvalue weighted by Gasteiger charge is -2.40. The Kier molecular flexibility index (Phi) is 4.78. The number of amides is 1. The number of rotatable bonds is 5. The fraction of sp³-hybridized carbons (Fsp3) is 0.818. The number of hydrogen-bond donors (Lipinski definition) is 1.